The quantitative estimate of drug-likeness (QED) is 0.810. The third-order valence-electron chi connectivity index (χ3n) is 3.57. The molecule has 0 spiro atoms. The number of aromatic nitrogens is 1. The van der Waals surface area contributed by atoms with E-state index in [0.29, 0.717) is 0 Å². The molecule has 2 heterocycles. The highest BCUT2D eigenvalue weighted by Crippen LogP contribution is 2.22. The molecule has 0 fully saturated rings. The molecule has 1 aromatic heterocycles. The zero-order valence-corrected chi connectivity index (χ0v) is 14.6. The van der Waals surface area contributed by atoms with Gasteiger partial charge in [-0.3, -0.25) is 9.98 Å². The summed E-state index contributed by atoms with van der Waals surface area (Å²) in [5.41, 5.74) is 4.62. The zero-order valence-electron chi connectivity index (χ0n) is 12.9. The van der Waals surface area contributed by atoms with Gasteiger partial charge in [0.2, 0.25) is 0 Å². The van der Waals surface area contributed by atoms with Crippen LogP contribution < -0.4 is 4.74 Å². The second-order valence-corrected chi connectivity index (χ2v) is 5.02. The van der Waals surface area contributed by atoms with Gasteiger partial charge in [-0.25, -0.2) is 0 Å². The van der Waals surface area contributed by atoms with Crippen molar-refractivity contribution in [3.63, 3.8) is 0 Å². The lowest BCUT2D eigenvalue weighted by Gasteiger charge is -2.16. The normalized spacial score (nSPS) is 15.2. The van der Waals surface area contributed by atoms with E-state index in [2.05, 4.69) is 29.3 Å². The Morgan fingerprint density at radius 2 is 1.87 bits per heavy atom. The van der Waals surface area contributed by atoms with Gasteiger partial charge in [-0.1, -0.05) is 12.1 Å². The number of benzene rings is 1. The van der Waals surface area contributed by atoms with E-state index in [4.69, 9.17) is 9.73 Å². The minimum absolute atomic E-state index is 0. The first-order valence-electron chi connectivity index (χ1n) is 7.16. The number of aliphatic imine (C=N–C) groups is 1. The van der Waals surface area contributed by atoms with Crippen molar-refractivity contribution in [1.29, 1.82) is 0 Å². The molecule has 3 nitrogen and oxygen atoms in total. The van der Waals surface area contributed by atoms with E-state index in [0.717, 1.165) is 36.4 Å². The molecule has 2 aromatic rings. The van der Waals surface area contributed by atoms with Crippen molar-refractivity contribution in [2.45, 2.75) is 12.8 Å². The first kappa shape index (κ1) is 19.2. The summed E-state index contributed by atoms with van der Waals surface area (Å²) in [4.78, 5) is 8.89. The number of rotatable bonds is 3. The van der Waals surface area contributed by atoms with Gasteiger partial charge >= 0.3 is 0 Å². The summed E-state index contributed by atoms with van der Waals surface area (Å²) in [6.07, 6.45) is 8.04. The fourth-order valence-electron chi connectivity index (χ4n) is 2.50. The van der Waals surface area contributed by atoms with Gasteiger partial charge in [0.1, 0.15) is 5.75 Å². The molecule has 122 valence electrons. The monoisotopic (exact) mass is 350 g/mol. The number of halogens is 2. The number of methoxy groups -OCH3 is 1. The summed E-state index contributed by atoms with van der Waals surface area (Å²) in [6, 6.07) is 12.1. The molecule has 0 unspecified atom stereocenters. The fourth-order valence-corrected chi connectivity index (χ4v) is 2.50. The molecular formula is C18H20Cl2N2O. The molecule has 0 radical (unpaired) electrons. The van der Waals surface area contributed by atoms with Crippen LogP contribution in [0.15, 0.2) is 59.4 Å². The van der Waals surface area contributed by atoms with E-state index in [-0.39, 0.29) is 24.8 Å². The van der Waals surface area contributed by atoms with Crippen molar-refractivity contribution in [3.8, 4) is 5.75 Å². The lowest BCUT2D eigenvalue weighted by molar-refractivity contribution is 0.415. The van der Waals surface area contributed by atoms with Gasteiger partial charge < -0.3 is 4.74 Å². The lowest BCUT2D eigenvalue weighted by Crippen LogP contribution is -2.11. The molecule has 1 aromatic carbocycles. The number of allylic oxidation sites excluding steroid dienone is 1. The topological polar surface area (TPSA) is 34.5 Å². The third kappa shape index (κ3) is 4.81. The highest BCUT2D eigenvalue weighted by molar-refractivity contribution is 6.15. The van der Waals surface area contributed by atoms with Crippen LogP contribution in [0.2, 0.25) is 0 Å². The Hall–Kier alpha value is -1.84. The average molecular weight is 351 g/mol. The van der Waals surface area contributed by atoms with Crippen LogP contribution in [0.4, 0.5) is 0 Å². The van der Waals surface area contributed by atoms with Crippen LogP contribution in [-0.4, -0.2) is 24.4 Å². The Kier molecular flexibility index (Phi) is 7.79. The zero-order chi connectivity index (χ0) is 14.5. The maximum Gasteiger partial charge on any atom is 0.118 e. The van der Waals surface area contributed by atoms with Gasteiger partial charge in [-0.2, -0.15) is 0 Å². The van der Waals surface area contributed by atoms with Crippen molar-refractivity contribution < 1.29 is 4.74 Å². The molecule has 0 amide bonds. The standard InChI is InChI=1S/C18H18N2O.2ClH/c1-21-17-8-6-14(7-9-17)12-15-4-3-11-20-18(15)16-5-2-10-19-13-16;;/h2,5-10,12-13H,3-4,11H2,1H3;2*1H/b15-12+;;. The molecule has 1 aliphatic rings. The van der Waals surface area contributed by atoms with Crippen molar-refractivity contribution >= 4 is 36.6 Å². The Balaban J connectivity index is 0.00000132. The molecule has 0 saturated heterocycles. The predicted octanol–water partition coefficient (Wildman–Crippen LogP) is 4.60. The van der Waals surface area contributed by atoms with Crippen LogP contribution in [0.1, 0.15) is 24.0 Å². The minimum Gasteiger partial charge on any atom is -0.497 e. The summed E-state index contributed by atoms with van der Waals surface area (Å²) < 4.78 is 5.20. The van der Waals surface area contributed by atoms with Gasteiger partial charge in [0.25, 0.3) is 0 Å². The van der Waals surface area contributed by atoms with Crippen LogP contribution in [0.3, 0.4) is 0 Å². The first-order chi connectivity index (χ1) is 10.4. The molecule has 5 heteroatoms. The molecule has 0 atom stereocenters. The van der Waals surface area contributed by atoms with Crippen molar-refractivity contribution in [3.05, 3.63) is 65.5 Å². The Morgan fingerprint density at radius 3 is 2.52 bits per heavy atom. The molecule has 0 N–H and O–H groups in total. The molecule has 3 rings (SSSR count). The van der Waals surface area contributed by atoms with Crippen molar-refractivity contribution in [2.75, 3.05) is 13.7 Å². The van der Waals surface area contributed by atoms with Crippen molar-refractivity contribution in [2.24, 2.45) is 4.99 Å². The molecule has 0 aliphatic carbocycles. The number of hydrogen-bond acceptors (Lipinski definition) is 3. The maximum absolute atomic E-state index is 5.20. The number of hydrogen-bond donors (Lipinski definition) is 0. The lowest BCUT2D eigenvalue weighted by atomic mass is 9.95. The van der Waals surface area contributed by atoms with Crippen LogP contribution in [0.5, 0.6) is 5.75 Å². The number of nitrogens with zero attached hydrogens (tertiary/aromatic N) is 2. The highest BCUT2D eigenvalue weighted by Gasteiger charge is 2.14. The summed E-state index contributed by atoms with van der Waals surface area (Å²) in [5, 5.41) is 0. The third-order valence-corrected chi connectivity index (χ3v) is 3.57. The molecule has 23 heavy (non-hydrogen) atoms. The van der Waals surface area contributed by atoms with Crippen LogP contribution in [-0.2, 0) is 0 Å². The summed E-state index contributed by atoms with van der Waals surface area (Å²) in [7, 11) is 1.68. The van der Waals surface area contributed by atoms with Gasteiger partial charge in [0.05, 0.1) is 12.8 Å². The van der Waals surface area contributed by atoms with E-state index in [1.54, 1.807) is 13.3 Å². The van der Waals surface area contributed by atoms with E-state index < -0.39 is 0 Å². The molecule has 0 saturated carbocycles. The summed E-state index contributed by atoms with van der Waals surface area (Å²) in [6.45, 7) is 0.893. The average Bonchev–Trinajstić information content (AvgIpc) is 2.57. The molecular weight excluding hydrogens is 331 g/mol. The van der Waals surface area contributed by atoms with E-state index in [1.807, 2.05) is 24.4 Å². The van der Waals surface area contributed by atoms with Crippen molar-refractivity contribution in [1.82, 2.24) is 4.98 Å². The first-order valence-corrected chi connectivity index (χ1v) is 7.16. The van der Waals surface area contributed by atoms with Crippen LogP contribution in [0.25, 0.3) is 6.08 Å². The smallest absolute Gasteiger partial charge is 0.118 e. The largest absolute Gasteiger partial charge is 0.497 e. The van der Waals surface area contributed by atoms with Gasteiger partial charge in [-0.05, 0) is 54.3 Å². The second kappa shape index (κ2) is 9.33. The SMILES string of the molecule is COc1ccc(/C=C2\CCCN=C2c2cccnc2)cc1.Cl.Cl. The highest BCUT2D eigenvalue weighted by atomic mass is 35.5. The summed E-state index contributed by atoms with van der Waals surface area (Å²) >= 11 is 0. The number of pyridine rings is 1. The van der Waals surface area contributed by atoms with Gasteiger partial charge in [-0.15, -0.1) is 24.8 Å². The minimum atomic E-state index is 0. The summed E-state index contributed by atoms with van der Waals surface area (Å²) in [5.74, 6) is 0.877. The van der Waals surface area contributed by atoms with Gasteiger partial charge in [0.15, 0.2) is 0 Å². The van der Waals surface area contributed by atoms with E-state index in [1.165, 1.54) is 11.1 Å². The Bertz CT molecular complexity index is 667. The Morgan fingerprint density at radius 1 is 1.09 bits per heavy atom. The predicted molar refractivity (Wildman–Crippen MR) is 100 cm³/mol. The second-order valence-electron chi connectivity index (χ2n) is 5.02. The van der Waals surface area contributed by atoms with Crippen LogP contribution >= 0.6 is 24.8 Å². The van der Waals surface area contributed by atoms with E-state index >= 15 is 0 Å². The molecule has 1 aliphatic heterocycles. The van der Waals surface area contributed by atoms with Crippen LogP contribution in [0, 0.1) is 0 Å². The maximum atomic E-state index is 5.20. The molecule has 0 bridgehead atoms. The van der Waals surface area contributed by atoms with E-state index in [9.17, 15) is 0 Å². The fraction of sp³-hybridized carbons (Fsp3) is 0.222. The Labute approximate surface area is 149 Å². The number of ether oxygens (including phenoxy) is 1. The van der Waals surface area contributed by atoms with Gasteiger partial charge in [0, 0.05) is 24.5 Å².